The topological polar surface area (TPSA) is 54.0 Å². The lowest BCUT2D eigenvalue weighted by molar-refractivity contribution is 0.103. The average Bonchev–Trinajstić information content (AvgIpc) is 3.16. The molecule has 0 aliphatic carbocycles. The van der Waals surface area contributed by atoms with Crippen molar-refractivity contribution in [3.05, 3.63) is 88.7 Å². The number of carbonyl (C=O) groups excluding carboxylic acids is 1. The summed E-state index contributed by atoms with van der Waals surface area (Å²) in [4.78, 5) is 17.6. The first-order chi connectivity index (χ1) is 12.8. The Labute approximate surface area is 155 Å². The number of fused-ring (bicyclic) bond motifs is 1. The van der Waals surface area contributed by atoms with Crippen molar-refractivity contribution in [3.63, 3.8) is 0 Å². The third-order valence-corrected chi connectivity index (χ3v) is 5.02. The Hall–Kier alpha value is -3.18. The minimum Gasteiger partial charge on any atom is -0.380 e. The van der Waals surface area contributed by atoms with Gasteiger partial charge in [0.1, 0.15) is 4.88 Å². The van der Waals surface area contributed by atoms with E-state index in [1.54, 1.807) is 0 Å². The smallest absolute Gasteiger partial charge is 0.267 e. The Morgan fingerprint density at radius 1 is 0.962 bits per heavy atom. The number of pyridine rings is 1. The number of aromatic nitrogens is 1. The molecule has 0 fully saturated rings. The SMILES string of the molecule is O=C(Nc1ccccc1)c1sccc1NCc1ccnc2ccccc12. The molecule has 2 N–H and O–H groups in total. The quantitative estimate of drug-likeness (QED) is 0.517. The maximum Gasteiger partial charge on any atom is 0.267 e. The molecule has 2 aromatic carbocycles. The number of hydrogen-bond acceptors (Lipinski definition) is 4. The van der Waals surface area contributed by atoms with E-state index in [1.807, 2.05) is 72.2 Å². The van der Waals surface area contributed by atoms with Crippen LogP contribution >= 0.6 is 11.3 Å². The molecule has 0 aliphatic heterocycles. The van der Waals surface area contributed by atoms with Crippen molar-refractivity contribution in [2.24, 2.45) is 0 Å². The van der Waals surface area contributed by atoms with E-state index in [-0.39, 0.29) is 5.91 Å². The maximum atomic E-state index is 12.6. The van der Waals surface area contributed by atoms with Gasteiger partial charge in [0, 0.05) is 23.8 Å². The number of hydrogen-bond donors (Lipinski definition) is 2. The van der Waals surface area contributed by atoms with Crippen LogP contribution in [0.15, 0.2) is 78.3 Å². The highest BCUT2D eigenvalue weighted by atomic mass is 32.1. The van der Waals surface area contributed by atoms with Crippen molar-refractivity contribution in [1.29, 1.82) is 0 Å². The van der Waals surface area contributed by atoms with Crippen LogP contribution < -0.4 is 10.6 Å². The summed E-state index contributed by atoms with van der Waals surface area (Å²) in [6.45, 7) is 0.630. The van der Waals surface area contributed by atoms with E-state index >= 15 is 0 Å². The summed E-state index contributed by atoms with van der Waals surface area (Å²) < 4.78 is 0. The van der Waals surface area contributed by atoms with Gasteiger partial charge < -0.3 is 10.6 Å². The Balaban J connectivity index is 1.51. The number of nitrogens with one attached hydrogen (secondary N) is 2. The zero-order valence-electron chi connectivity index (χ0n) is 14.0. The van der Waals surface area contributed by atoms with E-state index in [2.05, 4.69) is 21.7 Å². The second-order valence-corrected chi connectivity index (χ2v) is 6.74. The molecule has 4 aromatic rings. The first-order valence-corrected chi connectivity index (χ1v) is 9.19. The fraction of sp³-hybridized carbons (Fsp3) is 0.0476. The molecule has 0 unspecified atom stereocenters. The molecule has 2 heterocycles. The van der Waals surface area contributed by atoms with Crippen LogP contribution in [0.25, 0.3) is 10.9 Å². The molecule has 0 saturated heterocycles. The number of amides is 1. The first-order valence-electron chi connectivity index (χ1n) is 8.31. The van der Waals surface area contributed by atoms with Crippen LogP contribution in [0.5, 0.6) is 0 Å². The molecular formula is C21H17N3OS. The van der Waals surface area contributed by atoms with E-state index in [1.165, 1.54) is 11.3 Å². The number of rotatable bonds is 5. The average molecular weight is 359 g/mol. The second-order valence-electron chi connectivity index (χ2n) is 5.82. The van der Waals surface area contributed by atoms with Crippen LogP contribution in [0.2, 0.25) is 0 Å². The number of thiophene rings is 1. The van der Waals surface area contributed by atoms with Gasteiger partial charge in [-0.05, 0) is 41.3 Å². The van der Waals surface area contributed by atoms with Crippen molar-refractivity contribution in [3.8, 4) is 0 Å². The predicted molar refractivity (Wildman–Crippen MR) is 108 cm³/mol. The summed E-state index contributed by atoms with van der Waals surface area (Å²) in [5.74, 6) is -0.103. The van der Waals surface area contributed by atoms with Crippen LogP contribution in [0, 0.1) is 0 Å². The summed E-state index contributed by atoms with van der Waals surface area (Å²) in [7, 11) is 0. The van der Waals surface area contributed by atoms with Crippen LogP contribution in [0.1, 0.15) is 15.2 Å². The Morgan fingerprint density at radius 3 is 2.65 bits per heavy atom. The Bertz CT molecular complexity index is 1040. The molecule has 0 atom stereocenters. The normalized spacial score (nSPS) is 10.6. The van der Waals surface area contributed by atoms with Gasteiger partial charge in [-0.3, -0.25) is 9.78 Å². The van der Waals surface area contributed by atoms with E-state index in [9.17, 15) is 4.79 Å². The van der Waals surface area contributed by atoms with E-state index < -0.39 is 0 Å². The highest BCUT2D eigenvalue weighted by molar-refractivity contribution is 7.12. The van der Waals surface area contributed by atoms with E-state index in [4.69, 9.17) is 0 Å². The monoisotopic (exact) mass is 359 g/mol. The van der Waals surface area contributed by atoms with Crippen LogP contribution in [0.3, 0.4) is 0 Å². The van der Waals surface area contributed by atoms with Gasteiger partial charge in [-0.2, -0.15) is 0 Å². The van der Waals surface area contributed by atoms with E-state index in [0.29, 0.717) is 11.4 Å². The molecule has 1 amide bonds. The molecule has 5 heteroatoms. The molecule has 4 rings (SSSR count). The van der Waals surface area contributed by atoms with Gasteiger partial charge in [-0.15, -0.1) is 11.3 Å². The fourth-order valence-electron chi connectivity index (χ4n) is 2.83. The standard InChI is InChI=1S/C21H17N3OS/c25-21(24-16-6-2-1-3-7-16)20-19(11-13-26-20)23-14-15-10-12-22-18-9-5-4-8-17(15)18/h1-13,23H,14H2,(H,24,25). The van der Waals surface area contributed by atoms with Gasteiger partial charge >= 0.3 is 0 Å². The van der Waals surface area contributed by atoms with Gasteiger partial charge in [-0.1, -0.05) is 36.4 Å². The van der Waals surface area contributed by atoms with Crippen molar-refractivity contribution >= 4 is 39.5 Å². The summed E-state index contributed by atoms with van der Waals surface area (Å²) >= 11 is 1.43. The highest BCUT2D eigenvalue weighted by Crippen LogP contribution is 2.25. The van der Waals surface area contributed by atoms with Crippen molar-refractivity contribution in [2.75, 3.05) is 10.6 Å². The second kappa shape index (κ2) is 7.37. The molecule has 0 bridgehead atoms. The third-order valence-electron chi connectivity index (χ3n) is 4.11. The first kappa shape index (κ1) is 16.3. The summed E-state index contributed by atoms with van der Waals surface area (Å²) in [5, 5.41) is 9.37. The molecular weight excluding hydrogens is 342 g/mol. The Kier molecular flexibility index (Phi) is 4.62. The molecule has 0 saturated carbocycles. The number of nitrogens with zero attached hydrogens (tertiary/aromatic N) is 1. The lowest BCUT2D eigenvalue weighted by Crippen LogP contribution is -2.12. The zero-order chi connectivity index (χ0) is 17.8. The summed E-state index contributed by atoms with van der Waals surface area (Å²) in [6, 6.07) is 21.5. The van der Waals surface area contributed by atoms with Gasteiger partial charge in [0.2, 0.25) is 0 Å². The largest absolute Gasteiger partial charge is 0.380 e. The lowest BCUT2D eigenvalue weighted by Gasteiger charge is -2.10. The third kappa shape index (κ3) is 3.43. The molecule has 0 aliphatic rings. The number of para-hydroxylation sites is 2. The Morgan fingerprint density at radius 2 is 1.77 bits per heavy atom. The molecule has 4 nitrogen and oxygen atoms in total. The summed E-state index contributed by atoms with van der Waals surface area (Å²) in [6.07, 6.45) is 1.82. The highest BCUT2D eigenvalue weighted by Gasteiger charge is 2.13. The maximum absolute atomic E-state index is 12.6. The van der Waals surface area contributed by atoms with Crippen molar-refractivity contribution in [2.45, 2.75) is 6.54 Å². The van der Waals surface area contributed by atoms with Crippen molar-refractivity contribution < 1.29 is 4.79 Å². The predicted octanol–water partition coefficient (Wildman–Crippen LogP) is 5.16. The fourth-order valence-corrected chi connectivity index (χ4v) is 3.60. The molecule has 128 valence electrons. The van der Waals surface area contributed by atoms with Gasteiger partial charge in [0.25, 0.3) is 5.91 Å². The molecule has 2 aromatic heterocycles. The molecule has 0 radical (unpaired) electrons. The van der Waals surface area contributed by atoms with Crippen LogP contribution in [-0.4, -0.2) is 10.9 Å². The van der Waals surface area contributed by atoms with Gasteiger partial charge in [-0.25, -0.2) is 0 Å². The van der Waals surface area contributed by atoms with Crippen LogP contribution in [-0.2, 0) is 6.54 Å². The number of benzene rings is 2. The molecule has 26 heavy (non-hydrogen) atoms. The van der Waals surface area contributed by atoms with Gasteiger partial charge in [0.15, 0.2) is 0 Å². The minimum atomic E-state index is -0.103. The minimum absolute atomic E-state index is 0.103. The van der Waals surface area contributed by atoms with E-state index in [0.717, 1.165) is 27.8 Å². The zero-order valence-corrected chi connectivity index (χ0v) is 14.8. The van der Waals surface area contributed by atoms with Gasteiger partial charge in [0.05, 0.1) is 11.2 Å². The number of carbonyl (C=O) groups is 1. The summed E-state index contributed by atoms with van der Waals surface area (Å²) in [5.41, 5.74) is 3.75. The van der Waals surface area contributed by atoms with Crippen LogP contribution in [0.4, 0.5) is 11.4 Å². The van der Waals surface area contributed by atoms with Crippen molar-refractivity contribution in [1.82, 2.24) is 4.98 Å². The lowest BCUT2D eigenvalue weighted by atomic mass is 10.1. The molecule has 0 spiro atoms. The number of anilines is 2.